The van der Waals surface area contributed by atoms with Gasteiger partial charge in [-0.15, -0.1) is 0 Å². The summed E-state index contributed by atoms with van der Waals surface area (Å²) in [7, 11) is 1.60. The molecule has 0 atom stereocenters. The average molecular weight is 371 g/mol. The van der Waals surface area contributed by atoms with Gasteiger partial charge < -0.3 is 10.1 Å². The van der Waals surface area contributed by atoms with E-state index in [4.69, 9.17) is 4.74 Å². The number of carbonyl (C=O) groups is 2. The molecule has 0 saturated carbocycles. The van der Waals surface area contributed by atoms with Gasteiger partial charge in [-0.25, -0.2) is 0 Å². The van der Waals surface area contributed by atoms with Crippen LogP contribution in [0.2, 0.25) is 0 Å². The Morgan fingerprint density at radius 2 is 1.46 bits per heavy atom. The molecular formula is C24H21NO3. The summed E-state index contributed by atoms with van der Waals surface area (Å²) in [6, 6.07) is 25.5. The normalized spacial score (nSPS) is 11.0. The summed E-state index contributed by atoms with van der Waals surface area (Å²) >= 11 is 0. The van der Waals surface area contributed by atoms with Gasteiger partial charge in [-0.2, -0.15) is 0 Å². The van der Waals surface area contributed by atoms with Gasteiger partial charge in [-0.1, -0.05) is 60.7 Å². The standard InChI is InChI=1S/C24H21NO3/c1-28-22-14-12-18(13-15-22)16-20(17-23(26)19-8-4-2-5-9-19)24(27)25-21-10-6-3-7-11-21/h2-16H,17H2,1H3,(H,25,27). The van der Waals surface area contributed by atoms with Gasteiger partial charge in [0.05, 0.1) is 7.11 Å². The van der Waals surface area contributed by atoms with Crippen LogP contribution in [0.1, 0.15) is 22.3 Å². The summed E-state index contributed by atoms with van der Waals surface area (Å²) in [5, 5.41) is 2.86. The third-order valence-electron chi connectivity index (χ3n) is 4.23. The first-order valence-corrected chi connectivity index (χ1v) is 8.95. The van der Waals surface area contributed by atoms with Crippen LogP contribution in [-0.2, 0) is 4.79 Å². The van der Waals surface area contributed by atoms with E-state index in [0.717, 1.165) is 11.3 Å². The van der Waals surface area contributed by atoms with Gasteiger partial charge >= 0.3 is 0 Å². The zero-order valence-electron chi connectivity index (χ0n) is 15.6. The highest BCUT2D eigenvalue weighted by Crippen LogP contribution is 2.19. The fourth-order valence-corrected chi connectivity index (χ4v) is 2.73. The predicted octanol–water partition coefficient (Wildman–Crippen LogP) is 4.99. The Morgan fingerprint density at radius 1 is 0.857 bits per heavy atom. The predicted molar refractivity (Wildman–Crippen MR) is 111 cm³/mol. The van der Waals surface area contributed by atoms with Gasteiger partial charge in [0.1, 0.15) is 5.75 Å². The molecule has 28 heavy (non-hydrogen) atoms. The lowest BCUT2D eigenvalue weighted by molar-refractivity contribution is -0.112. The number of nitrogens with one attached hydrogen (secondary N) is 1. The minimum atomic E-state index is -0.300. The van der Waals surface area contributed by atoms with E-state index in [2.05, 4.69) is 5.32 Å². The number of amides is 1. The highest BCUT2D eigenvalue weighted by atomic mass is 16.5. The first-order valence-electron chi connectivity index (χ1n) is 8.95. The number of methoxy groups -OCH3 is 1. The Balaban J connectivity index is 1.87. The number of Topliss-reactive ketones (excluding diaryl/α,β-unsaturated/α-hetero) is 1. The number of hydrogen-bond acceptors (Lipinski definition) is 3. The van der Waals surface area contributed by atoms with E-state index in [9.17, 15) is 9.59 Å². The molecule has 1 N–H and O–H groups in total. The summed E-state index contributed by atoms with van der Waals surface area (Å²) in [6.45, 7) is 0. The molecule has 3 aromatic carbocycles. The quantitative estimate of drug-likeness (QED) is 0.470. The van der Waals surface area contributed by atoms with Crippen molar-refractivity contribution in [2.45, 2.75) is 6.42 Å². The van der Waals surface area contributed by atoms with Gasteiger partial charge in [0.15, 0.2) is 5.78 Å². The number of hydrogen-bond donors (Lipinski definition) is 1. The monoisotopic (exact) mass is 371 g/mol. The van der Waals surface area contributed by atoms with Crippen LogP contribution in [0.15, 0.2) is 90.5 Å². The zero-order valence-corrected chi connectivity index (χ0v) is 15.6. The minimum absolute atomic E-state index is 0.00864. The first-order chi connectivity index (χ1) is 13.7. The highest BCUT2D eigenvalue weighted by Gasteiger charge is 2.16. The first kappa shape index (κ1) is 19.1. The summed E-state index contributed by atoms with van der Waals surface area (Å²) in [6.07, 6.45) is 1.74. The summed E-state index contributed by atoms with van der Waals surface area (Å²) in [5.41, 5.74) is 2.47. The molecule has 0 saturated heterocycles. The van der Waals surface area contributed by atoms with Crippen molar-refractivity contribution in [2.24, 2.45) is 0 Å². The molecule has 0 heterocycles. The summed E-state index contributed by atoms with van der Waals surface area (Å²) < 4.78 is 5.17. The number of anilines is 1. The number of rotatable bonds is 7. The van der Waals surface area contributed by atoms with Gasteiger partial charge in [0.2, 0.25) is 0 Å². The maximum Gasteiger partial charge on any atom is 0.252 e. The molecule has 4 nitrogen and oxygen atoms in total. The van der Waals surface area contributed by atoms with Crippen molar-refractivity contribution in [3.63, 3.8) is 0 Å². The Morgan fingerprint density at radius 3 is 2.07 bits per heavy atom. The molecule has 3 aromatic rings. The van der Waals surface area contributed by atoms with Gasteiger partial charge in [0, 0.05) is 23.2 Å². The molecular weight excluding hydrogens is 350 g/mol. The fourth-order valence-electron chi connectivity index (χ4n) is 2.73. The second-order valence-corrected chi connectivity index (χ2v) is 6.23. The summed E-state index contributed by atoms with van der Waals surface area (Å²) in [4.78, 5) is 25.5. The van der Waals surface area contributed by atoms with E-state index < -0.39 is 0 Å². The Bertz CT molecular complexity index is 962. The van der Waals surface area contributed by atoms with E-state index in [0.29, 0.717) is 16.8 Å². The van der Waals surface area contributed by atoms with E-state index in [-0.39, 0.29) is 18.1 Å². The van der Waals surface area contributed by atoms with Crippen molar-refractivity contribution in [3.05, 3.63) is 102 Å². The lowest BCUT2D eigenvalue weighted by atomic mass is 10.00. The molecule has 0 aliphatic carbocycles. The highest BCUT2D eigenvalue weighted by molar-refractivity contribution is 6.12. The maximum absolute atomic E-state index is 12.9. The Kier molecular flexibility index (Phi) is 6.37. The van der Waals surface area contributed by atoms with Crippen LogP contribution in [0.25, 0.3) is 6.08 Å². The van der Waals surface area contributed by atoms with Crippen LogP contribution in [0.3, 0.4) is 0 Å². The molecule has 0 aliphatic heterocycles. The number of para-hydroxylation sites is 1. The lowest BCUT2D eigenvalue weighted by Crippen LogP contribution is -2.17. The average Bonchev–Trinajstić information content (AvgIpc) is 2.75. The molecule has 4 heteroatoms. The van der Waals surface area contributed by atoms with E-state index in [1.165, 1.54) is 0 Å². The molecule has 3 rings (SSSR count). The second-order valence-electron chi connectivity index (χ2n) is 6.23. The van der Waals surface area contributed by atoms with Crippen molar-refractivity contribution >= 4 is 23.5 Å². The lowest BCUT2D eigenvalue weighted by Gasteiger charge is -2.10. The number of ether oxygens (including phenoxy) is 1. The zero-order chi connectivity index (χ0) is 19.8. The molecule has 0 spiro atoms. The smallest absolute Gasteiger partial charge is 0.252 e. The van der Waals surface area contributed by atoms with Crippen LogP contribution in [0.4, 0.5) is 5.69 Å². The van der Waals surface area contributed by atoms with Crippen molar-refractivity contribution < 1.29 is 14.3 Å². The Hall–Kier alpha value is -3.66. The van der Waals surface area contributed by atoms with Crippen molar-refractivity contribution in [1.82, 2.24) is 0 Å². The molecule has 0 fully saturated rings. The third-order valence-corrected chi connectivity index (χ3v) is 4.23. The van der Waals surface area contributed by atoms with Gasteiger partial charge in [-0.05, 0) is 35.9 Å². The summed E-state index contributed by atoms with van der Waals surface area (Å²) in [5.74, 6) is 0.322. The molecule has 0 radical (unpaired) electrons. The second kappa shape index (κ2) is 9.33. The van der Waals surface area contributed by atoms with Crippen molar-refractivity contribution in [3.8, 4) is 5.75 Å². The van der Waals surface area contributed by atoms with Crippen LogP contribution in [-0.4, -0.2) is 18.8 Å². The number of carbonyl (C=O) groups excluding carboxylic acids is 2. The number of benzene rings is 3. The fraction of sp³-hybridized carbons (Fsp3) is 0.0833. The van der Waals surface area contributed by atoms with Crippen LogP contribution < -0.4 is 10.1 Å². The van der Waals surface area contributed by atoms with Crippen LogP contribution in [0.5, 0.6) is 5.75 Å². The van der Waals surface area contributed by atoms with E-state index in [1.54, 1.807) is 25.3 Å². The molecule has 1 amide bonds. The molecule has 0 bridgehead atoms. The molecule has 140 valence electrons. The largest absolute Gasteiger partial charge is 0.497 e. The SMILES string of the molecule is COc1ccc(C=C(CC(=O)c2ccccc2)C(=O)Nc2ccccc2)cc1. The van der Waals surface area contributed by atoms with Gasteiger partial charge in [0.25, 0.3) is 5.91 Å². The van der Waals surface area contributed by atoms with Crippen molar-refractivity contribution in [2.75, 3.05) is 12.4 Å². The Labute approximate surface area is 164 Å². The maximum atomic E-state index is 12.9. The number of ketones is 1. The van der Waals surface area contributed by atoms with Crippen LogP contribution in [0, 0.1) is 0 Å². The van der Waals surface area contributed by atoms with Crippen molar-refractivity contribution in [1.29, 1.82) is 0 Å². The molecule has 0 aromatic heterocycles. The molecule has 0 aliphatic rings. The van der Waals surface area contributed by atoms with E-state index in [1.807, 2.05) is 72.8 Å². The van der Waals surface area contributed by atoms with E-state index >= 15 is 0 Å². The third kappa shape index (κ3) is 5.17. The minimum Gasteiger partial charge on any atom is -0.497 e. The molecule has 0 unspecified atom stereocenters. The topological polar surface area (TPSA) is 55.4 Å². The van der Waals surface area contributed by atoms with Crippen LogP contribution >= 0.6 is 0 Å². The van der Waals surface area contributed by atoms with Gasteiger partial charge in [-0.3, -0.25) is 9.59 Å².